The van der Waals surface area contributed by atoms with Crippen LogP contribution in [-0.4, -0.2) is 6.04 Å². The van der Waals surface area contributed by atoms with Crippen LogP contribution in [0.5, 0.6) is 0 Å². The van der Waals surface area contributed by atoms with Gasteiger partial charge in [0, 0.05) is 17.3 Å². The second-order valence-electron chi connectivity index (χ2n) is 10.3. The molecular weight excluding hydrogens is 422 g/mol. The minimum Gasteiger partial charge on any atom is -0.333 e. The lowest BCUT2D eigenvalue weighted by atomic mass is 9.85. The van der Waals surface area contributed by atoms with Crippen LogP contribution in [0.1, 0.15) is 53.5 Å². The molecule has 2 atom stereocenters. The van der Waals surface area contributed by atoms with Crippen molar-refractivity contribution in [3.63, 3.8) is 0 Å². The number of benzene rings is 4. The Morgan fingerprint density at radius 3 is 2.37 bits per heavy atom. The van der Waals surface area contributed by atoms with Crippen LogP contribution in [0.3, 0.4) is 0 Å². The molecule has 0 saturated carbocycles. The number of rotatable bonds is 3. The zero-order chi connectivity index (χ0) is 23.5. The fourth-order valence-corrected chi connectivity index (χ4v) is 6.32. The third-order valence-electron chi connectivity index (χ3n) is 8.00. The van der Waals surface area contributed by atoms with Gasteiger partial charge < -0.3 is 4.90 Å². The Morgan fingerprint density at radius 2 is 1.49 bits per heavy atom. The van der Waals surface area contributed by atoms with Gasteiger partial charge in [0.25, 0.3) is 0 Å². The molecule has 1 heterocycles. The molecule has 2 aliphatic carbocycles. The summed E-state index contributed by atoms with van der Waals surface area (Å²) in [5, 5.41) is 0. The van der Waals surface area contributed by atoms with Crippen molar-refractivity contribution in [2.24, 2.45) is 0 Å². The fraction of sp³-hybridized carbons (Fsp3) is 0.176. The van der Waals surface area contributed by atoms with Gasteiger partial charge in [0.1, 0.15) is 0 Å². The predicted octanol–water partition coefficient (Wildman–Crippen LogP) is 8.64. The van der Waals surface area contributed by atoms with Crippen LogP contribution in [-0.2, 0) is 6.42 Å². The summed E-state index contributed by atoms with van der Waals surface area (Å²) in [6.07, 6.45) is 8.33. The Balaban J connectivity index is 1.31. The topological polar surface area (TPSA) is 3.24 Å². The highest BCUT2D eigenvalue weighted by molar-refractivity contribution is 5.86. The molecule has 0 saturated heterocycles. The Bertz CT molecular complexity index is 1520. The lowest BCUT2D eigenvalue weighted by Gasteiger charge is -2.32. The van der Waals surface area contributed by atoms with Gasteiger partial charge >= 0.3 is 0 Å². The van der Waals surface area contributed by atoms with Crippen LogP contribution in [0, 0.1) is 0 Å². The highest BCUT2D eigenvalue weighted by Gasteiger charge is 2.39. The molecule has 170 valence electrons. The van der Waals surface area contributed by atoms with Gasteiger partial charge in [-0.15, -0.1) is 0 Å². The molecule has 4 aromatic carbocycles. The monoisotopic (exact) mass is 451 g/mol. The highest BCUT2D eigenvalue weighted by atomic mass is 15.2. The van der Waals surface area contributed by atoms with Gasteiger partial charge in [-0.1, -0.05) is 105 Å². The van der Waals surface area contributed by atoms with Gasteiger partial charge in [0.2, 0.25) is 0 Å². The molecule has 35 heavy (non-hydrogen) atoms. The van der Waals surface area contributed by atoms with E-state index in [4.69, 9.17) is 0 Å². The number of fused-ring (bicyclic) bond motifs is 6. The standard InChI is InChI=1S/C34H29N/c1-22(2)27-10-5-7-13-32(27)35-33-14-8-6-12-29(33)31-21-24(17-18-34(31)35)23-15-16-26-19-25-9-3-4-11-28(25)30(26)20-23/h3-18,20-22,31,34H,19H2,1-2H3. The Hall–Kier alpha value is -3.84. The first-order chi connectivity index (χ1) is 17.2. The molecule has 1 heteroatoms. The van der Waals surface area contributed by atoms with E-state index in [9.17, 15) is 0 Å². The molecule has 0 amide bonds. The third kappa shape index (κ3) is 3.15. The van der Waals surface area contributed by atoms with E-state index in [-0.39, 0.29) is 0 Å². The van der Waals surface area contributed by atoms with Crippen molar-refractivity contribution < 1.29 is 0 Å². The van der Waals surface area contributed by atoms with Gasteiger partial charge in [-0.25, -0.2) is 0 Å². The summed E-state index contributed by atoms with van der Waals surface area (Å²) in [4.78, 5) is 2.57. The number of hydrogen-bond acceptors (Lipinski definition) is 1. The van der Waals surface area contributed by atoms with Gasteiger partial charge in [-0.3, -0.25) is 0 Å². The molecule has 3 aliphatic rings. The third-order valence-corrected chi connectivity index (χ3v) is 8.00. The first-order valence-corrected chi connectivity index (χ1v) is 12.8. The molecule has 4 aromatic rings. The van der Waals surface area contributed by atoms with Crippen LogP contribution in [0.2, 0.25) is 0 Å². The van der Waals surface area contributed by atoms with Crippen LogP contribution in [0.4, 0.5) is 11.4 Å². The second kappa shape index (κ2) is 7.85. The summed E-state index contributed by atoms with van der Waals surface area (Å²) in [7, 11) is 0. The van der Waals surface area contributed by atoms with Gasteiger partial charge in [0.15, 0.2) is 0 Å². The quantitative estimate of drug-likeness (QED) is 0.265. The lowest BCUT2D eigenvalue weighted by molar-refractivity contribution is 0.739. The van der Waals surface area contributed by atoms with E-state index in [2.05, 4.69) is 128 Å². The highest BCUT2D eigenvalue weighted by Crippen LogP contribution is 2.50. The Kier molecular flexibility index (Phi) is 4.60. The lowest BCUT2D eigenvalue weighted by Crippen LogP contribution is -2.29. The summed E-state index contributed by atoms with van der Waals surface area (Å²) in [5.74, 6) is 0.817. The van der Waals surface area contributed by atoms with Crippen LogP contribution in [0.15, 0.2) is 109 Å². The van der Waals surface area contributed by atoms with Gasteiger partial charge in [-0.2, -0.15) is 0 Å². The average Bonchev–Trinajstić information content (AvgIpc) is 3.43. The second-order valence-corrected chi connectivity index (χ2v) is 10.3. The Morgan fingerprint density at radius 1 is 0.743 bits per heavy atom. The first-order valence-electron chi connectivity index (χ1n) is 12.8. The molecule has 7 rings (SSSR count). The molecule has 1 nitrogen and oxygen atoms in total. The van der Waals surface area contributed by atoms with Crippen molar-refractivity contribution in [1.82, 2.24) is 0 Å². The van der Waals surface area contributed by atoms with E-state index < -0.39 is 0 Å². The Labute approximate surface area is 208 Å². The summed E-state index contributed by atoms with van der Waals surface area (Å²) in [6.45, 7) is 4.58. The van der Waals surface area contributed by atoms with E-state index in [1.807, 2.05) is 0 Å². The SMILES string of the molecule is CC(C)c1ccccc1N1c2ccccc2C2C=C(c3ccc4c(c3)-c3ccccc3C4)C=CC21. The molecule has 0 N–H and O–H groups in total. The molecule has 0 bridgehead atoms. The number of hydrogen-bond donors (Lipinski definition) is 0. The predicted molar refractivity (Wildman–Crippen MR) is 147 cm³/mol. The van der Waals surface area contributed by atoms with Crippen molar-refractivity contribution in [2.45, 2.75) is 38.1 Å². The molecule has 0 aromatic heterocycles. The van der Waals surface area contributed by atoms with Crippen molar-refractivity contribution >= 4 is 16.9 Å². The normalized spacial score (nSPS) is 19.3. The fourth-order valence-electron chi connectivity index (χ4n) is 6.32. The molecule has 0 spiro atoms. The summed E-state index contributed by atoms with van der Waals surface area (Å²) in [6, 6.07) is 34.1. The van der Waals surface area contributed by atoms with Crippen LogP contribution >= 0.6 is 0 Å². The number of anilines is 2. The maximum absolute atomic E-state index is 2.57. The van der Waals surface area contributed by atoms with E-state index in [1.165, 1.54) is 55.9 Å². The van der Waals surface area contributed by atoms with Crippen LogP contribution < -0.4 is 4.90 Å². The first kappa shape index (κ1) is 20.5. The zero-order valence-electron chi connectivity index (χ0n) is 20.3. The molecule has 0 fully saturated rings. The van der Waals surface area contributed by atoms with Crippen molar-refractivity contribution in [2.75, 3.05) is 4.90 Å². The number of nitrogens with zero attached hydrogens (tertiary/aromatic N) is 1. The minimum absolute atomic E-state index is 0.297. The van der Waals surface area contributed by atoms with Gasteiger partial charge in [-0.05, 0) is 75.1 Å². The number of para-hydroxylation sites is 2. The van der Waals surface area contributed by atoms with Crippen molar-refractivity contribution in [3.8, 4) is 11.1 Å². The number of allylic oxidation sites excluding steroid dienone is 2. The van der Waals surface area contributed by atoms with E-state index in [0.717, 1.165) is 6.42 Å². The smallest absolute Gasteiger partial charge is 0.0630 e. The zero-order valence-corrected chi connectivity index (χ0v) is 20.3. The maximum Gasteiger partial charge on any atom is 0.0630 e. The largest absolute Gasteiger partial charge is 0.333 e. The van der Waals surface area contributed by atoms with E-state index in [0.29, 0.717) is 17.9 Å². The van der Waals surface area contributed by atoms with Crippen molar-refractivity contribution in [1.29, 1.82) is 0 Å². The molecule has 1 aliphatic heterocycles. The summed E-state index contributed by atoms with van der Waals surface area (Å²) >= 11 is 0. The molecule has 2 unspecified atom stereocenters. The molecule has 0 radical (unpaired) electrons. The van der Waals surface area contributed by atoms with E-state index >= 15 is 0 Å². The van der Waals surface area contributed by atoms with E-state index in [1.54, 1.807) is 0 Å². The molecular formula is C34H29N. The average molecular weight is 452 g/mol. The maximum atomic E-state index is 2.57. The summed E-state index contributed by atoms with van der Waals surface area (Å²) < 4.78 is 0. The van der Waals surface area contributed by atoms with Crippen LogP contribution in [0.25, 0.3) is 16.7 Å². The van der Waals surface area contributed by atoms with Crippen molar-refractivity contribution in [3.05, 3.63) is 137 Å². The van der Waals surface area contributed by atoms with Gasteiger partial charge in [0.05, 0.1) is 6.04 Å². The summed E-state index contributed by atoms with van der Waals surface area (Å²) in [5.41, 5.74) is 13.8. The minimum atomic E-state index is 0.297.